The molecule has 84 valence electrons. The Hall–Kier alpha value is -2.43. The number of nitrogen functional groups attached to an aromatic ring is 1. The van der Waals surface area contributed by atoms with E-state index in [4.69, 9.17) is 5.73 Å². The van der Waals surface area contributed by atoms with E-state index in [1.807, 2.05) is 31.3 Å². The Bertz CT molecular complexity index is 667. The third kappa shape index (κ3) is 1.52. The lowest BCUT2D eigenvalue weighted by Gasteiger charge is -2.03. The predicted molar refractivity (Wildman–Crippen MR) is 66.2 cm³/mol. The molecular formula is C12H11N5. The Labute approximate surface area is 97.9 Å². The Kier molecular flexibility index (Phi) is 2.04. The number of hydrogen-bond acceptors (Lipinski definition) is 4. The number of nitrogens with two attached hydrogens (primary N) is 1. The lowest BCUT2D eigenvalue weighted by atomic mass is 10.2. The summed E-state index contributed by atoms with van der Waals surface area (Å²) in [5.74, 6) is 0. The Morgan fingerprint density at radius 3 is 2.59 bits per heavy atom. The fraction of sp³-hybridized carbons (Fsp3) is 0.0833. The van der Waals surface area contributed by atoms with Crippen molar-refractivity contribution >= 4 is 16.7 Å². The zero-order chi connectivity index (χ0) is 11.8. The fourth-order valence-corrected chi connectivity index (χ4v) is 1.84. The average molecular weight is 225 g/mol. The van der Waals surface area contributed by atoms with Crippen LogP contribution in [0, 0.1) is 0 Å². The smallest absolute Gasteiger partial charge is 0.111 e. The topological polar surface area (TPSA) is 69.6 Å². The maximum atomic E-state index is 5.87. The molecule has 5 nitrogen and oxygen atoms in total. The highest BCUT2D eigenvalue weighted by Crippen LogP contribution is 2.23. The summed E-state index contributed by atoms with van der Waals surface area (Å²) in [6.07, 6.45) is 3.34. The van der Waals surface area contributed by atoms with Crippen LogP contribution in [0.3, 0.4) is 0 Å². The van der Waals surface area contributed by atoms with Gasteiger partial charge in [-0.2, -0.15) is 5.10 Å². The highest BCUT2D eigenvalue weighted by atomic mass is 15.3. The molecule has 0 radical (unpaired) electrons. The molecule has 5 heteroatoms. The van der Waals surface area contributed by atoms with Crippen LogP contribution in [0.1, 0.15) is 0 Å². The van der Waals surface area contributed by atoms with Crippen molar-refractivity contribution in [2.75, 3.05) is 5.73 Å². The summed E-state index contributed by atoms with van der Waals surface area (Å²) in [6.45, 7) is 0. The monoisotopic (exact) mass is 225 g/mol. The van der Waals surface area contributed by atoms with Gasteiger partial charge in [-0.15, -0.1) is 0 Å². The molecule has 0 aliphatic heterocycles. The molecule has 0 amide bonds. The van der Waals surface area contributed by atoms with E-state index in [0.29, 0.717) is 5.69 Å². The largest absolute Gasteiger partial charge is 0.396 e. The molecule has 0 saturated carbocycles. The summed E-state index contributed by atoms with van der Waals surface area (Å²) in [7, 11) is 1.84. The highest BCUT2D eigenvalue weighted by molar-refractivity contribution is 5.78. The van der Waals surface area contributed by atoms with Gasteiger partial charge < -0.3 is 5.73 Å². The quantitative estimate of drug-likeness (QED) is 0.683. The van der Waals surface area contributed by atoms with Gasteiger partial charge in [0.05, 0.1) is 29.1 Å². The minimum Gasteiger partial charge on any atom is -0.396 e. The average Bonchev–Trinajstić information content (AvgIpc) is 2.68. The van der Waals surface area contributed by atoms with Crippen molar-refractivity contribution in [3.8, 4) is 11.4 Å². The van der Waals surface area contributed by atoms with Gasteiger partial charge in [-0.1, -0.05) is 12.1 Å². The first-order valence-electron chi connectivity index (χ1n) is 5.25. The normalized spacial score (nSPS) is 10.9. The molecule has 17 heavy (non-hydrogen) atoms. The number of benzene rings is 1. The molecule has 0 spiro atoms. The van der Waals surface area contributed by atoms with Gasteiger partial charge in [0.25, 0.3) is 0 Å². The summed E-state index contributed by atoms with van der Waals surface area (Å²) in [6, 6.07) is 7.74. The molecular weight excluding hydrogens is 214 g/mol. The first-order valence-corrected chi connectivity index (χ1v) is 5.25. The molecule has 2 aromatic heterocycles. The van der Waals surface area contributed by atoms with Gasteiger partial charge in [-0.3, -0.25) is 9.67 Å². The van der Waals surface area contributed by atoms with E-state index in [1.165, 1.54) is 0 Å². The van der Waals surface area contributed by atoms with Gasteiger partial charge in [0.15, 0.2) is 0 Å². The van der Waals surface area contributed by atoms with Crippen molar-refractivity contribution in [3.63, 3.8) is 0 Å². The van der Waals surface area contributed by atoms with E-state index in [2.05, 4.69) is 15.1 Å². The summed E-state index contributed by atoms with van der Waals surface area (Å²) < 4.78 is 1.70. The molecule has 0 atom stereocenters. The molecule has 0 saturated heterocycles. The first-order chi connectivity index (χ1) is 8.25. The summed E-state index contributed by atoms with van der Waals surface area (Å²) in [5, 5.41) is 4.10. The number of rotatable bonds is 1. The number of fused-ring (bicyclic) bond motifs is 1. The molecule has 2 N–H and O–H groups in total. The number of anilines is 1. The van der Waals surface area contributed by atoms with Crippen molar-refractivity contribution < 1.29 is 0 Å². The summed E-state index contributed by atoms with van der Waals surface area (Å²) in [4.78, 5) is 8.90. The van der Waals surface area contributed by atoms with Gasteiger partial charge in [-0.25, -0.2) is 4.98 Å². The standard InChI is InChI=1S/C12H11N5/c1-17-12(8(13)6-15-17)11-7-14-9-4-2-3-5-10(9)16-11/h2-7H,13H2,1H3. The van der Waals surface area contributed by atoms with Crippen LogP contribution in [-0.2, 0) is 7.05 Å². The van der Waals surface area contributed by atoms with Crippen LogP contribution in [-0.4, -0.2) is 19.7 Å². The van der Waals surface area contributed by atoms with Crippen molar-refractivity contribution in [2.45, 2.75) is 0 Å². The number of para-hydroxylation sites is 2. The number of aromatic nitrogens is 4. The Balaban J connectivity index is 2.25. The van der Waals surface area contributed by atoms with Crippen LogP contribution >= 0.6 is 0 Å². The minimum absolute atomic E-state index is 0.608. The predicted octanol–water partition coefficient (Wildman–Crippen LogP) is 1.61. The van der Waals surface area contributed by atoms with Crippen LogP contribution in [0.15, 0.2) is 36.7 Å². The van der Waals surface area contributed by atoms with Gasteiger partial charge in [0.2, 0.25) is 0 Å². The maximum Gasteiger partial charge on any atom is 0.111 e. The molecule has 1 aromatic carbocycles. The molecule has 3 aromatic rings. The summed E-state index contributed by atoms with van der Waals surface area (Å²) >= 11 is 0. The molecule has 3 rings (SSSR count). The van der Waals surface area contributed by atoms with Crippen molar-refractivity contribution in [2.24, 2.45) is 7.05 Å². The molecule has 0 aliphatic rings. The second-order valence-electron chi connectivity index (χ2n) is 3.82. The first kappa shape index (κ1) is 9.77. The maximum absolute atomic E-state index is 5.87. The zero-order valence-corrected chi connectivity index (χ0v) is 9.33. The third-order valence-electron chi connectivity index (χ3n) is 2.66. The lowest BCUT2D eigenvalue weighted by molar-refractivity contribution is 0.773. The van der Waals surface area contributed by atoms with Crippen LogP contribution < -0.4 is 5.73 Å². The van der Waals surface area contributed by atoms with E-state index >= 15 is 0 Å². The Morgan fingerprint density at radius 1 is 1.12 bits per heavy atom. The number of nitrogens with zero attached hydrogens (tertiary/aromatic N) is 4. The van der Waals surface area contributed by atoms with Crippen LogP contribution in [0.4, 0.5) is 5.69 Å². The molecule has 2 heterocycles. The van der Waals surface area contributed by atoms with E-state index in [1.54, 1.807) is 17.1 Å². The lowest BCUT2D eigenvalue weighted by Crippen LogP contribution is -1.98. The second kappa shape index (κ2) is 3.55. The van der Waals surface area contributed by atoms with Gasteiger partial charge in [-0.05, 0) is 12.1 Å². The molecule has 0 bridgehead atoms. The van der Waals surface area contributed by atoms with Crippen LogP contribution in [0.25, 0.3) is 22.4 Å². The fourth-order valence-electron chi connectivity index (χ4n) is 1.84. The summed E-state index contributed by atoms with van der Waals surface area (Å²) in [5.41, 5.74) is 9.73. The van der Waals surface area contributed by atoms with E-state index < -0.39 is 0 Å². The Morgan fingerprint density at radius 2 is 1.88 bits per heavy atom. The van der Waals surface area contributed by atoms with Crippen molar-refractivity contribution in [3.05, 3.63) is 36.7 Å². The number of aryl methyl sites for hydroxylation is 1. The molecule has 0 unspecified atom stereocenters. The van der Waals surface area contributed by atoms with Gasteiger partial charge in [0.1, 0.15) is 11.4 Å². The van der Waals surface area contributed by atoms with Crippen molar-refractivity contribution in [1.82, 2.24) is 19.7 Å². The van der Waals surface area contributed by atoms with Gasteiger partial charge >= 0.3 is 0 Å². The van der Waals surface area contributed by atoms with E-state index in [-0.39, 0.29) is 0 Å². The third-order valence-corrected chi connectivity index (χ3v) is 2.66. The van der Waals surface area contributed by atoms with Gasteiger partial charge in [0, 0.05) is 7.05 Å². The second-order valence-corrected chi connectivity index (χ2v) is 3.82. The number of hydrogen-bond donors (Lipinski definition) is 1. The van der Waals surface area contributed by atoms with Crippen molar-refractivity contribution in [1.29, 1.82) is 0 Å². The highest BCUT2D eigenvalue weighted by Gasteiger charge is 2.10. The molecule has 0 aliphatic carbocycles. The zero-order valence-electron chi connectivity index (χ0n) is 9.33. The van der Waals surface area contributed by atoms with E-state index in [0.717, 1.165) is 22.4 Å². The van der Waals surface area contributed by atoms with E-state index in [9.17, 15) is 0 Å². The molecule has 0 fully saturated rings. The minimum atomic E-state index is 0.608. The van der Waals surface area contributed by atoms with Crippen LogP contribution in [0.5, 0.6) is 0 Å². The SMILES string of the molecule is Cn1ncc(N)c1-c1cnc2ccccc2n1. The van der Waals surface area contributed by atoms with Crippen LogP contribution in [0.2, 0.25) is 0 Å².